The Morgan fingerprint density at radius 3 is 2.45 bits per heavy atom. The fourth-order valence-corrected chi connectivity index (χ4v) is 2.79. The van der Waals surface area contributed by atoms with Crippen molar-refractivity contribution in [3.63, 3.8) is 0 Å². The Balaban J connectivity index is 1.96. The molecule has 2 nitrogen and oxygen atoms in total. The van der Waals surface area contributed by atoms with Crippen LogP contribution in [0.3, 0.4) is 0 Å². The van der Waals surface area contributed by atoms with Gasteiger partial charge in [0.05, 0.1) is 6.10 Å². The third kappa shape index (κ3) is 5.34. The van der Waals surface area contributed by atoms with Gasteiger partial charge >= 0.3 is 0 Å². The van der Waals surface area contributed by atoms with E-state index in [1.54, 1.807) is 0 Å². The molecule has 2 heteroatoms. The number of aliphatic hydroxyl groups is 1. The normalized spacial score (nSPS) is 12.5. The summed E-state index contributed by atoms with van der Waals surface area (Å²) in [4.78, 5) is 0. The molecular formula is C20H28O2. The fraction of sp³-hybridized carbons (Fsp3) is 0.500. The summed E-state index contributed by atoms with van der Waals surface area (Å²) >= 11 is 0. The van der Waals surface area contributed by atoms with Crippen molar-refractivity contribution in [1.29, 1.82) is 0 Å². The quantitative estimate of drug-likeness (QED) is 0.601. The molecule has 0 saturated heterocycles. The molecule has 1 unspecified atom stereocenters. The molecule has 0 aliphatic carbocycles. The van der Waals surface area contributed by atoms with Crippen LogP contribution in [0, 0.1) is 0 Å². The zero-order chi connectivity index (χ0) is 15.6. The van der Waals surface area contributed by atoms with E-state index >= 15 is 0 Å². The monoisotopic (exact) mass is 300 g/mol. The minimum Gasteiger partial charge on any atom is -0.490 e. The van der Waals surface area contributed by atoms with Crippen molar-refractivity contribution < 1.29 is 9.84 Å². The molecule has 0 fully saturated rings. The maximum absolute atomic E-state index is 8.88. The first-order valence-corrected chi connectivity index (χ1v) is 8.60. The van der Waals surface area contributed by atoms with Crippen LogP contribution in [0.15, 0.2) is 42.5 Å². The second-order valence-electron chi connectivity index (χ2n) is 5.96. The van der Waals surface area contributed by atoms with E-state index < -0.39 is 0 Å². The van der Waals surface area contributed by atoms with Crippen molar-refractivity contribution in [2.24, 2.45) is 0 Å². The van der Waals surface area contributed by atoms with Crippen molar-refractivity contribution >= 4 is 10.8 Å². The predicted octanol–water partition coefficient (Wildman–Crippen LogP) is 5.33. The van der Waals surface area contributed by atoms with Gasteiger partial charge in [0.1, 0.15) is 5.75 Å². The minimum absolute atomic E-state index is 0.291. The smallest absolute Gasteiger partial charge is 0.120 e. The zero-order valence-corrected chi connectivity index (χ0v) is 13.6. The number of hydrogen-bond donors (Lipinski definition) is 1. The van der Waals surface area contributed by atoms with E-state index in [4.69, 9.17) is 9.84 Å². The summed E-state index contributed by atoms with van der Waals surface area (Å²) in [5.74, 6) is 0.974. The number of rotatable bonds is 10. The van der Waals surface area contributed by atoms with E-state index in [0.29, 0.717) is 12.7 Å². The fourth-order valence-electron chi connectivity index (χ4n) is 2.79. The summed E-state index contributed by atoms with van der Waals surface area (Å²) in [6.45, 7) is 2.52. The van der Waals surface area contributed by atoms with Gasteiger partial charge < -0.3 is 9.84 Å². The van der Waals surface area contributed by atoms with Crippen LogP contribution < -0.4 is 4.74 Å². The Kier molecular flexibility index (Phi) is 7.24. The lowest BCUT2D eigenvalue weighted by Gasteiger charge is -2.19. The second-order valence-corrected chi connectivity index (χ2v) is 5.96. The molecule has 1 atom stereocenters. The maximum atomic E-state index is 8.88. The van der Waals surface area contributed by atoms with Gasteiger partial charge in [-0.05, 0) is 48.6 Å². The molecule has 0 heterocycles. The number of benzene rings is 2. The largest absolute Gasteiger partial charge is 0.490 e. The number of fused-ring (bicyclic) bond motifs is 1. The van der Waals surface area contributed by atoms with Gasteiger partial charge in [-0.2, -0.15) is 0 Å². The molecule has 120 valence electrons. The average Bonchev–Trinajstić information content (AvgIpc) is 2.56. The predicted molar refractivity (Wildman–Crippen MR) is 93.4 cm³/mol. The molecule has 2 aromatic carbocycles. The molecular weight excluding hydrogens is 272 g/mol. The van der Waals surface area contributed by atoms with Crippen molar-refractivity contribution in [3.8, 4) is 5.75 Å². The van der Waals surface area contributed by atoms with Gasteiger partial charge in [0.25, 0.3) is 0 Å². The third-order valence-electron chi connectivity index (χ3n) is 4.09. The van der Waals surface area contributed by atoms with E-state index in [1.165, 1.54) is 23.6 Å². The summed E-state index contributed by atoms with van der Waals surface area (Å²) in [5.41, 5.74) is 0. The van der Waals surface area contributed by atoms with Gasteiger partial charge in [-0.25, -0.2) is 0 Å². The number of unbranched alkanes of at least 4 members (excludes halogenated alkanes) is 3. The van der Waals surface area contributed by atoms with Crippen molar-refractivity contribution in [1.82, 2.24) is 0 Å². The summed E-state index contributed by atoms with van der Waals surface area (Å²) in [6, 6.07) is 14.7. The molecule has 2 aromatic rings. The molecule has 0 radical (unpaired) electrons. The molecule has 22 heavy (non-hydrogen) atoms. The topological polar surface area (TPSA) is 29.5 Å². The van der Waals surface area contributed by atoms with E-state index in [2.05, 4.69) is 49.4 Å². The van der Waals surface area contributed by atoms with Crippen LogP contribution >= 0.6 is 0 Å². The van der Waals surface area contributed by atoms with Crippen molar-refractivity contribution in [3.05, 3.63) is 42.5 Å². The lowest BCUT2D eigenvalue weighted by atomic mass is 10.0. The molecule has 0 amide bonds. The summed E-state index contributed by atoms with van der Waals surface area (Å²) in [5, 5.41) is 11.4. The molecule has 0 bridgehead atoms. The van der Waals surface area contributed by atoms with Crippen LogP contribution in [0.2, 0.25) is 0 Å². The van der Waals surface area contributed by atoms with Crippen molar-refractivity contribution in [2.75, 3.05) is 6.61 Å². The SMILES string of the molecule is CCCCC(CCCCCO)Oc1ccc2ccccc2c1. The lowest BCUT2D eigenvalue weighted by molar-refractivity contribution is 0.172. The Bertz CT molecular complexity index is 550. The van der Waals surface area contributed by atoms with E-state index in [1.807, 2.05) is 0 Å². The molecule has 1 N–H and O–H groups in total. The van der Waals surface area contributed by atoms with Gasteiger partial charge in [-0.15, -0.1) is 0 Å². The van der Waals surface area contributed by atoms with Crippen LogP contribution in [-0.2, 0) is 0 Å². The summed E-state index contributed by atoms with van der Waals surface area (Å²) < 4.78 is 6.24. The van der Waals surface area contributed by atoms with Crippen molar-refractivity contribution in [2.45, 2.75) is 58.0 Å². The van der Waals surface area contributed by atoms with Crippen LogP contribution in [0.5, 0.6) is 5.75 Å². The molecule has 0 aromatic heterocycles. The summed E-state index contributed by atoms with van der Waals surface area (Å²) in [6.07, 6.45) is 8.00. The highest BCUT2D eigenvalue weighted by Crippen LogP contribution is 2.24. The lowest BCUT2D eigenvalue weighted by Crippen LogP contribution is -2.16. The highest BCUT2D eigenvalue weighted by molar-refractivity contribution is 5.83. The molecule has 0 aliphatic heterocycles. The van der Waals surface area contributed by atoms with Gasteiger partial charge in [0.15, 0.2) is 0 Å². The molecule has 0 spiro atoms. The summed E-state index contributed by atoms with van der Waals surface area (Å²) in [7, 11) is 0. The van der Waals surface area contributed by atoms with Crippen LogP contribution in [0.25, 0.3) is 10.8 Å². The van der Waals surface area contributed by atoms with Crippen LogP contribution in [-0.4, -0.2) is 17.8 Å². The van der Waals surface area contributed by atoms with Crippen LogP contribution in [0.4, 0.5) is 0 Å². The Hall–Kier alpha value is -1.54. The Morgan fingerprint density at radius 2 is 1.68 bits per heavy atom. The Labute approximate surface area is 134 Å². The highest BCUT2D eigenvalue weighted by atomic mass is 16.5. The first-order chi connectivity index (χ1) is 10.8. The zero-order valence-electron chi connectivity index (χ0n) is 13.6. The third-order valence-corrected chi connectivity index (χ3v) is 4.09. The first kappa shape index (κ1) is 16.8. The first-order valence-electron chi connectivity index (χ1n) is 8.60. The second kappa shape index (κ2) is 9.47. The Morgan fingerprint density at radius 1 is 0.909 bits per heavy atom. The molecule has 2 rings (SSSR count). The van der Waals surface area contributed by atoms with Gasteiger partial charge in [-0.1, -0.05) is 56.5 Å². The molecule has 0 aliphatic rings. The van der Waals surface area contributed by atoms with Gasteiger partial charge in [0.2, 0.25) is 0 Å². The highest BCUT2D eigenvalue weighted by Gasteiger charge is 2.10. The van der Waals surface area contributed by atoms with Gasteiger partial charge in [-0.3, -0.25) is 0 Å². The number of aliphatic hydroxyl groups excluding tert-OH is 1. The van der Waals surface area contributed by atoms with Gasteiger partial charge in [0, 0.05) is 6.61 Å². The van der Waals surface area contributed by atoms with E-state index in [-0.39, 0.29) is 0 Å². The van der Waals surface area contributed by atoms with E-state index in [9.17, 15) is 0 Å². The maximum Gasteiger partial charge on any atom is 0.120 e. The number of hydrogen-bond acceptors (Lipinski definition) is 2. The van der Waals surface area contributed by atoms with Crippen LogP contribution in [0.1, 0.15) is 51.9 Å². The minimum atomic E-state index is 0.291. The average molecular weight is 300 g/mol. The van der Waals surface area contributed by atoms with E-state index in [0.717, 1.165) is 37.9 Å². The molecule has 0 saturated carbocycles. The standard InChI is InChI=1S/C20H28O2/c1-2-3-11-19(12-5-4-8-15-21)22-20-14-13-17-9-6-7-10-18(17)16-20/h6-7,9-10,13-14,16,19,21H,2-5,8,11-12,15H2,1H3. The number of ether oxygens (including phenoxy) is 1.